The summed E-state index contributed by atoms with van der Waals surface area (Å²) in [5.74, 6) is -1.03. The zero-order valence-corrected chi connectivity index (χ0v) is 12.4. The fraction of sp³-hybridized carbons (Fsp3) is 0.0667. The normalized spacial score (nSPS) is 10.3. The summed E-state index contributed by atoms with van der Waals surface area (Å²) in [7, 11) is 1.23. The third-order valence-corrected chi connectivity index (χ3v) is 3.40. The van der Waals surface area contributed by atoms with Crippen molar-refractivity contribution < 1.29 is 14.1 Å². The largest absolute Gasteiger partial charge is 0.464 e. The number of nitrogens with zero attached hydrogens (tertiary/aromatic N) is 3. The molecule has 2 aromatic heterocycles. The molecular formula is C15H11N5O4. The van der Waals surface area contributed by atoms with Gasteiger partial charge in [0.15, 0.2) is 11.5 Å². The second-order valence-corrected chi connectivity index (χ2v) is 4.77. The molecule has 0 saturated heterocycles. The number of aromatic nitrogens is 3. The fourth-order valence-electron chi connectivity index (χ4n) is 2.25. The molecule has 0 aliphatic heterocycles. The van der Waals surface area contributed by atoms with Gasteiger partial charge in [0.2, 0.25) is 0 Å². The van der Waals surface area contributed by atoms with E-state index < -0.39 is 11.7 Å². The summed E-state index contributed by atoms with van der Waals surface area (Å²) in [5.41, 5.74) is 7.33. The molecule has 0 saturated carbocycles. The van der Waals surface area contributed by atoms with E-state index in [-0.39, 0.29) is 22.8 Å². The van der Waals surface area contributed by atoms with Gasteiger partial charge in [-0.25, -0.2) is 9.59 Å². The topological polar surface area (TPSA) is 140 Å². The number of benzene rings is 1. The van der Waals surface area contributed by atoms with Gasteiger partial charge < -0.3 is 15.0 Å². The second kappa shape index (κ2) is 5.77. The van der Waals surface area contributed by atoms with E-state index in [4.69, 9.17) is 15.7 Å². The lowest BCUT2D eigenvalue weighted by Gasteiger charge is -2.08. The van der Waals surface area contributed by atoms with Crippen LogP contribution in [0.15, 0.2) is 39.8 Å². The van der Waals surface area contributed by atoms with E-state index in [0.717, 1.165) is 0 Å². The summed E-state index contributed by atoms with van der Waals surface area (Å²) in [6.45, 7) is 0. The summed E-state index contributed by atoms with van der Waals surface area (Å²) in [6, 6.07) is 8.63. The van der Waals surface area contributed by atoms with E-state index in [1.165, 1.54) is 17.9 Å². The highest BCUT2D eigenvalue weighted by Gasteiger charge is 2.21. The smallest absolute Gasteiger partial charge is 0.439 e. The van der Waals surface area contributed by atoms with Gasteiger partial charge in [0.05, 0.1) is 18.4 Å². The SMILES string of the molecule is COC(=O)c1c(N)c(C#N)cn1-c1ccc(-c2noc(=O)[nH]2)cc1. The van der Waals surface area contributed by atoms with Crippen LogP contribution in [0.5, 0.6) is 0 Å². The zero-order valence-electron chi connectivity index (χ0n) is 12.4. The molecule has 0 radical (unpaired) electrons. The van der Waals surface area contributed by atoms with Crippen molar-refractivity contribution in [3.8, 4) is 23.1 Å². The third kappa shape index (κ3) is 2.42. The van der Waals surface area contributed by atoms with Crippen molar-refractivity contribution in [2.75, 3.05) is 12.8 Å². The van der Waals surface area contributed by atoms with Crippen molar-refractivity contribution in [2.45, 2.75) is 0 Å². The summed E-state index contributed by atoms with van der Waals surface area (Å²) < 4.78 is 10.6. The molecule has 1 aromatic carbocycles. The summed E-state index contributed by atoms with van der Waals surface area (Å²) in [6.07, 6.45) is 1.45. The number of aromatic amines is 1. The number of nitrogens with two attached hydrogens (primary N) is 1. The van der Waals surface area contributed by atoms with Gasteiger partial charge in [-0.2, -0.15) is 5.26 Å². The number of anilines is 1. The maximum absolute atomic E-state index is 12.0. The quantitative estimate of drug-likeness (QED) is 0.686. The van der Waals surface area contributed by atoms with Crippen molar-refractivity contribution in [3.63, 3.8) is 0 Å². The van der Waals surface area contributed by atoms with Gasteiger partial charge >= 0.3 is 11.7 Å². The van der Waals surface area contributed by atoms with Crippen molar-refractivity contribution in [1.29, 1.82) is 5.26 Å². The molecule has 0 bridgehead atoms. The fourth-order valence-corrected chi connectivity index (χ4v) is 2.25. The Morgan fingerprint density at radius 2 is 2.12 bits per heavy atom. The molecule has 0 unspecified atom stereocenters. The van der Waals surface area contributed by atoms with Crippen LogP contribution in [0.4, 0.5) is 5.69 Å². The number of rotatable bonds is 3. The Kier molecular flexibility index (Phi) is 3.63. The Morgan fingerprint density at radius 1 is 1.42 bits per heavy atom. The molecule has 3 aromatic rings. The Morgan fingerprint density at radius 3 is 2.67 bits per heavy atom. The summed E-state index contributed by atoms with van der Waals surface area (Å²) >= 11 is 0. The number of nitrogens with one attached hydrogen (secondary N) is 1. The van der Waals surface area contributed by atoms with Crippen LogP contribution in [0.3, 0.4) is 0 Å². The maximum Gasteiger partial charge on any atom is 0.439 e. The van der Waals surface area contributed by atoms with Crippen molar-refractivity contribution >= 4 is 11.7 Å². The number of carbonyl (C=O) groups excluding carboxylic acids is 1. The van der Waals surface area contributed by atoms with Crippen LogP contribution in [-0.4, -0.2) is 27.8 Å². The molecule has 9 heteroatoms. The Bertz CT molecular complexity index is 1000. The predicted octanol–water partition coefficient (Wildman–Crippen LogP) is 1.06. The maximum atomic E-state index is 12.0. The first kappa shape index (κ1) is 15.1. The zero-order chi connectivity index (χ0) is 17.3. The number of nitriles is 1. The van der Waals surface area contributed by atoms with Crippen LogP contribution in [0, 0.1) is 11.3 Å². The standard InChI is InChI=1S/C15H11N5O4/c1-23-14(21)12-11(17)9(6-16)7-20(12)10-4-2-8(3-5-10)13-18-15(22)24-19-13/h2-5,7H,17H2,1H3,(H,18,19,22). The summed E-state index contributed by atoms with van der Waals surface area (Å²) in [4.78, 5) is 25.4. The average Bonchev–Trinajstić information content (AvgIpc) is 3.17. The number of nitrogen functional groups attached to an aromatic ring is 1. The molecule has 2 heterocycles. The lowest BCUT2D eigenvalue weighted by molar-refractivity contribution is 0.0593. The van der Waals surface area contributed by atoms with Gasteiger partial charge in [-0.1, -0.05) is 5.16 Å². The highest BCUT2D eigenvalue weighted by Crippen LogP contribution is 2.25. The number of carbonyl (C=O) groups is 1. The van der Waals surface area contributed by atoms with Gasteiger partial charge in [-0.3, -0.25) is 9.51 Å². The molecule has 3 N–H and O–H groups in total. The summed E-state index contributed by atoms with van der Waals surface area (Å²) in [5, 5.41) is 12.7. The molecule has 3 rings (SSSR count). The van der Waals surface area contributed by atoms with Crippen LogP contribution >= 0.6 is 0 Å². The van der Waals surface area contributed by atoms with Crippen molar-refractivity contribution in [2.24, 2.45) is 0 Å². The number of H-pyrrole nitrogens is 1. The van der Waals surface area contributed by atoms with Crippen LogP contribution < -0.4 is 11.5 Å². The molecule has 0 aliphatic carbocycles. The van der Waals surface area contributed by atoms with E-state index in [9.17, 15) is 9.59 Å². The molecule has 0 aliphatic rings. The third-order valence-electron chi connectivity index (χ3n) is 3.40. The van der Waals surface area contributed by atoms with E-state index in [0.29, 0.717) is 11.3 Å². The van der Waals surface area contributed by atoms with Crippen LogP contribution in [-0.2, 0) is 4.74 Å². The van der Waals surface area contributed by atoms with E-state index in [1.54, 1.807) is 24.3 Å². The number of esters is 1. The molecule has 9 nitrogen and oxygen atoms in total. The number of hydrogen-bond donors (Lipinski definition) is 2. The number of methoxy groups -OCH3 is 1. The Balaban J connectivity index is 2.08. The molecule has 0 spiro atoms. The van der Waals surface area contributed by atoms with Gasteiger partial charge in [0, 0.05) is 17.4 Å². The highest BCUT2D eigenvalue weighted by atomic mass is 16.5. The predicted molar refractivity (Wildman–Crippen MR) is 82.4 cm³/mol. The molecule has 0 amide bonds. The van der Waals surface area contributed by atoms with Crippen LogP contribution in [0.2, 0.25) is 0 Å². The van der Waals surface area contributed by atoms with Gasteiger partial charge in [-0.05, 0) is 24.3 Å². The van der Waals surface area contributed by atoms with Crippen LogP contribution in [0.1, 0.15) is 16.1 Å². The monoisotopic (exact) mass is 325 g/mol. The first-order chi connectivity index (χ1) is 11.5. The Labute approximate surface area is 134 Å². The minimum atomic E-state index is -0.654. The second-order valence-electron chi connectivity index (χ2n) is 4.77. The van der Waals surface area contributed by atoms with E-state index >= 15 is 0 Å². The lowest BCUT2D eigenvalue weighted by atomic mass is 10.2. The van der Waals surface area contributed by atoms with Gasteiger partial charge in [-0.15, -0.1) is 0 Å². The number of ether oxygens (including phenoxy) is 1. The molecular weight excluding hydrogens is 314 g/mol. The average molecular weight is 325 g/mol. The molecule has 24 heavy (non-hydrogen) atoms. The van der Waals surface area contributed by atoms with Crippen molar-refractivity contribution in [3.05, 3.63) is 52.3 Å². The van der Waals surface area contributed by atoms with E-state index in [1.807, 2.05) is 6.07 Å². The number of hydrogen-bond acceptors (Lipinski definition) is 7. The van der Waals surface area contributed by atoms with Crippen molar-refractivity contribution in [1.82, 2.24) is 14.7 Å². The Hall–Kier alpha value is -3.80. The van der Waals surface area contributed by atoms with Gasteiger partial charge in [0.25, 0.3) is 0 Å². The lowest BCUT2D eigenvalue weighted by Crippen LogP contribution is -2.11. The van der Waals surface area contributed by atoms with E-state index in [2.05, 4.69) is 14.7 Å². The minimum Gasteiger partial charge on any atom is -0.464 e. The highest BCUT2D eigenvalue weighted by molar-refractivity contribution is 5.96. The molecule has 0 atom stereocenters. The molecule has 120 valence electrons. The first-order valence-electron chi connectivity index (χ1n) is 6.71. The minimum absolute atomic E-state index is 0.0502. The van der Waals surface area contributed by atoms with Crippen LogP contribution in [0.25, 0.3) is 17.1 Å². The molecule has 0 fully saturated rings. The van der Waals surface area contributed by atoms with Gasteiger partial charge in [0.1, 0.15) is 6.07 Å². The first-order valence-corrected chi connectivity index (χ1v) is 6.71.